The van der Waals surface area contributed by atoms with Crippen molar-refractivity contribution in [2.45, 2.75) is 32.1 Å². The molecule has 20 heavy (non-hydrogen) atoms. The normalized spacial score (nSPS) is 21.9. The first-order valence-electron chi connectivity index (χ1n) is 7.13. The minimum atomic E-state index is -0.0338. The summed E-state index contributed by atoms with van der Waals surface area (Å²) in [6, 6.07) is 8.00. The maximum Gasteiger partial charge on any atom is 0.120 e. The van der Waals surface area contributed by atoms with Crippen LogP contribution in [0.1, 0.15) is 25.5 Å². The van der Waals surface area contributed by atoms with Gasteiger partial charge in [0, 0.05) is 13.1 Å². The van der Waals surface area contributed by atoms with Crippen molar-refractivity contribution in [1.29, 1.82) is 0 Å². The van der Waals surface area contributed by atoms with Crippen LogP contribution in [0.25, 0.3) is 0 Å². The number of hydrogen-bond acceptors (Lipinski definition) is 5. The molecule has 2 unspecified atom stereocenters. The quantitative estimate of drug-likeness (QED) is 0.628. The molecule has 0 radical (unpaired) electrons. The van der Waals surface area contributed by atoms with E-state index in [1.165, 1.54) is 0 Å². The Morgan fingerprint density at radius 2 is 2.25 bits per heavy atom. The Hall–Kier alpha value is -1.14. The molecule has 1 aliphatic rings. The number of nitrogens with two attached hydrogens (primary N) is 1. The monoisotopic (exact) mass is 279 g/mol. The van der Waals surface area contributed by atoms with Gasteiger partial charge in [0.2, 0.25) is 0 Å². The molecule has 0 amide bonds. The van der Waals surface area contributed by atoms with Crippen molar-refractivity contribution in [3.05, 3.63) is 29.8 Å². The molecule has 0 aliphatic carbocycles. The largest absolute Gasteiger partial charge is 0.491 e. The topological polar surface area (TPSA) is 59.8 Å². The van der Waals surface area contributed by atoms with Crippen LogP contribution in [-0.2, 0) is 4.74 Å². The van der Waals surface area contributed by atoms with Crippen LogP contribution in [0.15, 0.2) is 24.3 Å². The zero-order chi connectivity index (χ0) is 14.5. The predicted octanol–water partition coefficient (Wildman–Crippen LogP) is 1.31. The van der Waals surface area contributed by atoms with Crippen LogP contribution in [0.3, 0.4) is 0 Å². The second-order valence-electron chi connectivity index (χ2n) is 5.55. The summed E-state index contributed by atoms with van der Waals surface area (Å²) in [6.45, 7) is 6.60. The maximum absolute atomic E-state index is 5.85. The lowest BCUT2D eigenvalue weighted by atomic mass is 10.0. The molecule has 1 saturated heterocycles. The van der Waals surface area contributed by atoms with Crippen LogP contribution in [-0.4, -0.2) is 43.9 Å². The fourth-order valence-corrected chi connectivity index (χ4v) is 2.48. The van der Waals surface area contributed by atoms with Crippen LogP contribution >= 0.6 is 0 Å². The van der Waals surface area contributed by atoms with E-state index in [1.54, 1.807) is 0 Å². The first-order valence-corrected chi connectivity index (χ1v) is 7.13. The molecule has 5 nitrogen and oxygen atoms in total. The molecule has 1 aromatic rings. The number of nitrogens with zero attached hydrogens (tertiary/aromatic N) is 1. The molecule has 0 saturated carbocycles. The van der Waals surface area contributed by atoms with Crippen LogP contribution in [0.2, 0.25) is 0 Å². The highest BCUT2D eigenvalue weighted by Crippen LogP contribution is 2.25. The summed E-state index contributed by atoms with van der Waals surface area (Å²) in [6.07, 6.45) is 0.208. The summed E-state index contributed by atoms with van der Waals surface area (Å²) in [5.74, 6) is 6.61. The molecule has 0 bridgehead atoms. The van der Waals surface area contributed by atoms with E-state index >= 15 is 0 Å². The average Bonchev–Trinajstić information content (AvgIpc) is 2.39. The van der Waals surface area contributed by atoms with Crippen molar-refractivity contribution in [3.8, 4) is 5.75 Å². The third-order valence-electron chi connectivity index (χ3n) is 3.44. The van der Waals surface area contributed by atoms with Crippen molar-refractivity contribution >= 4 is 0 Å². The molecule has 0 aromatic heterocycles. The van der Waals surface area contributed by atoms with E-state index < -0.39 is 0 Å². The molecule has 5 heteroatoms. The number of nitrogens with one attached hydrogen (secondary N) is 1. The lowest BCUT2D eigenvalue weighted by molar-refractivity contribution is -0.0393. The van der Waals surface area contributed by atoms with Crippen molar-refractivity contribution in [2.75, 3.05) is 26.7 Å². The van der Waals surface area contributed by atoms with Gasteiger partial charge in [-0.1, -0.05) is 12.1 Å². The van der Waals surface area contributed by atoms with Gasteiger partial charge in [0.15, 0.2) is 0 Å². The van der Waals surface area contributed by atoms with E-state index in [0.717, 1.165) is 31.0 Å². The number of ether oxygens (including phenoxy) is 2. The van der Waals surface area contributed by atoms with E-state index in [4.69, 9.17) is 15.3 Å². The lowest BCUT2D eigenvalue weighted by Gasteiger charge is -2.35. The highest BCUT2D eigenvalue weighted by Gasteiger charge is 2.27. The smallest absolute Gasteiger partial charge is 0.120 e. The second-order valence-corrected chi connectivity index (χ2v) is 5.55. The van der Waals surface area contributed by atoms with Crippen LogP contribution in [0, 0.1) is 0 Å². The van der Waals surface area contributed by atoms with Gasteiger partial charge in [0.1, 0.15) is 5.75 Å². The Balaban J connectivity index is 2.14. The molecule has 2 rings (SSSR count). The summed E-state index contributed by atoms with van der Waals surface area (Å²) < 4.78 is 11.6. The predicted molar refractivity (Wildman–Crippen MR) is 79.5 cm³/mol. The first-order chi connectivity index (χ1) is 9.60. The number of benzene rings is 1. The minimum Gasteiger partial charge on any atom is -0.491 e. The van der Waals surface area contributed by atoms with E-state index in [1.807, 2.05) is 32.0 Å². The van der Waals surface area contributed by atoms with Crippen molar-refractivity contribution in [3.63, 3.8) is 0 Å². The fraction of sp³-hybridized carbons (Fsp3) is 0.600. The molecule has 1 heterocycles. The van der Waals surface area contributed by atoms with E-state index in [2.05, 4.69) is 23.4 Å². The van der Waals surface area contributed by atoms with Gasteiger partial charge in [0.05, 0.1) is 24.9 Å². The Morgan fingerprint density at radius 1 is 1.45 bits per heavy atom. The second kappa shape index (κ2) is 7.04. The standard InChI is InChI=1S/C15H25N3O2/c1-11(2)20-13-6-4-5-12(9-13)15(17-16)14-10-18(3)7-8-19-14/h4-6,9,11,14-15,17H,7-8,10,16H2,1-3H3. The van der Waals surface area contributed by atoms with Crippen molar-refractivity contribution in [1.82, 2.24) is 10.3 Å². The summed E-state index contributed by atoms with van der Waals surface area (Å²) >= 11 is 0. The Kier molecular flexibility index (Phi) is 5.37. The van der Waals surface area contributed by atoms with Gasteiger partial charge in [-0.25, -0.2) is 0 Å². The van der Waals surface area contributed by atoms with E-state index in [9.17, 15) is 0 Å². The van der Waals surface area contributed by atoms with E-state index in [0.29, 0.717) is 0 Å². The Morgan fingerprint density at radius 3 is 2.90 bits per heavy atom. The zero-order valence-corrected chi connectivity index (χ0v) is 12.5. The first kappa shape index (κ1) is 15.3. The van der Waals surface area contributed by atoms with Crippen molar-refractivity contribution < 1.29 is 9.47 Å². The number of hydrogen-bond donors (Lipinski definition) is 2. The molecular weight excluding hydrogens is 254 g/mol. The molecule has 3 N–H and O–H groups in total. The van der Waals surface area contributed by atoms with Gasteiger partial charge in [-0.15, -0.1) is 0 Å². The SMILES string of the molecule is CC(C)Oc1cccc(C(NN)C2CN(C)CCO2)c1. The van der Waals surface area contributed by atoms with Gasteiger partial charge >= 0.3 is 0 Å². The third-order valence-corrected chi connectivity index (χ3v) is 3.44. The Labute approximate surface area is 121 Å². The summed E-state index contributed by atoms with van der Waals surface area (Å²) in [5, 5.41) is 0. The molecule has 0 spiro atoms. The van der Waals surface area contributed by atoms with Gasteiger partial charge in [-0.2, -0.15) is 0 Å². The number of likely N-dealkylation sites (N-methyl/N-ethyl adjacent to an activating group) is 1. The van der Waals surface area contributed by atoms with Gasteiger partial charge in [-0.05, 0) is 38.6 Å². The molecule has 1 aromatic carbocycles. The summed E-state index contributed by atoms with van der Waals surface area (Å²) in [4.78, 5) is 2.26. The third kappa shape index (κ3) is 3.93. The van der Waals surface area contributed by atoms with Crippen LogP contribution in [0.5, 0.6) is 5.75 Å². The van der Waals surface area contributed by atoms with Gasteiger partial charge in [0.25, 0.3) is 0 Å². The molecule has 112 valence electrons. The summed E-state index contributed by atoms with van der Waals surface area (Å²) in [7, 11) is 2.10. The number of hydrazine groups is 1. The molecule has 1 aliphatic heterocycles. The molecular formula is C15H25N3O2. The van der Waals surface area contributed by atoms with E-state index in [-0.39, 0.29) is 18.2 Å². The maximum atomic E-state index is 5.85. The van der Waals surface area contributed by atoms with Crippen molar-refractivity contribution in [2.24, 2.45) is 5.84 Å². The average molecular weight is 279 g/mol. The lowest BCUT2D eigenvalue weighted by Crippen LogP contribution is -2.48. The van der Waals surface area contributed by atoms with Gasteiger partial charge < -0.3 is 14.4 Å². The number of rotatable bonds is 5. The fourth-order valence-electron chi connectivity index (χ4n) is 2.48. The minimum absolute atomic E-state index is 0.0338. The molecule has 2 atom stereocenters. The number of morpholine rings is 1. The highest BCUT2D eigenvalue weighted by molar-refractivity contribution is 5.31. The van der Waals surface area contributed by atoms with Gasteiger partial charge in [-0.3, -0.25) is 11.3 Å². The zero-order valence-electron chi connectivity index (χ0n) is 12.5. The van der Waals surface area contributed by atoms with Crippen LogP contribution in [0.4, 0.5) is 0 Å². The Bertz CT molecular complexity index is 425. The van der Waals surface area contributed by atoms with Crippen LogP contribution < -0.4 is 16.0 Å². The molecule has 1 fully saturated rings. The highest BCUT2D eigenvalue weighted by atomic mass is 16.5. The summed E-state index contributed by atoms with van der Waals surface area (Å²) in [5.41, 5.74) is 3.97.